The van der Waals surface area contributed by atoms with E-state index in [4.69, 9.17) is 9.47 Å². The molecule has 1 aromatic carbocycles. The second-order valence-electron chi connectivity index (χ2n) is 4.29. The molecule has 4 heteroatoms. The Labute approximate surface area is 105 Å². The topological polar surface area (TPSA) is 48.4 Å². The molecule has 1 aromatic heterocycles. The van der Waals surface area contributed by atoms with E-state index < -0.39 is 0 Å². The fourth-order valence-electron chi connectivity index (χ4n) is 2.18. The smallest absolute Gasteiger partial charge is 0.231 e. The van der Waals surface area contributed by atoms with E-state index in [1.54, 1.807) is 6.92 Å². The Kier molecular flexibility index (Phi) is 2.44. The molecule has 0 radical (unpaired) electrons. The maximum atomic E-state index is 11.6. The van der Waals surface area contributed by atoms with Gasteiger partial charge in [-0.1, -0.05) is 6.92 Å². The quantitative estimate of drug-likeness (QED) is 0.761. The normalized spacial score (nSPS) is 13.0. The first-order valence-electron chi connectivity index (χ1n) is 5.93. The van der Waals surface area contributed by atoms with Crippen molar-refractivity contribution in [1.82, 2.24) is 4.98 Å². The highest BCUT2D eigenvalue weighted by molar-refractivity contribution is 5.99. The van der Waals surface area contributed by atoms with Crippen molar-refractivity contribution in [2.75, 3.05) is 6.79 Å². The molecule has 0 fully saturated rings. The summed E-state index contributed by atoms with van der Waals surface area (Å²) >= 11 is 0. The van der Waals surface area contributed by atoms with Crippen LogP contribution in [-0.2, 0) is 6.42 Å². The Hall–Kier alpha value is -2.10. The molecular formula is C14H13NO3. The van der Waals surface area contributed by atoms with Gasteiger partial charge >= 0.3 is 0 Å². The third-order valence-electron chi connectivity index (χ3n) is 3.10. The highest BCUT2D eigenvalue weighted by Gasteiger charge is 2.16. The highest BCUT2D eigenvalue weighted by Crippen LogP contribution is 2.36. The van der Waals surface area contributed by atoms with Gasteiger partial charge in [0.1, 0.15) is 0 Å². The first-order chi connectivity index (χ1) is 8.69. The fourth-order valence-corrected chi connectivity index (χ4v) is 2.18. The minimum Gasteiger partial charge on any atom is -0.454 e. The van der Waals surface area contributed by atoms with Crippen molar-refractivity contribution in [1.29, 1.82) is 0 Å². The van der Waals surface area contributed by atoms with Crippen molar-refractivity contribution in [3.63, 3.8) is 0 Å². The number of carbonyl (C=O) groups is 1. The number of Topliss-reactive ketones (excluding diaryl/α,β-unsaturated/α-hetero) is 1. The number of carbonyl (C=O) groups excluding carboxylic acids is 1. The Morgan fingerprint density at radius 1 is 1.28 bits per heavy atom. The molecule has 0 spiro atoms. The van der Waals surface area contributed by atoms with E-state index >= 15 is 0 Å². The predicted octanol–water partition coefficient (Wildman–Crippen LogP) is 2.73. The standard InChI is InChI=1S/C14H13NO3/c1-3-11-10(8(2)16)4-9-5-13-14(18-7-17-13)6-12(9)15-11/h4-6H,3,7H2,1-2H3. The molecule has 1 aliphatic rings. The summed E-state index contributed by atoms with van der Waals surface area (Å²) < 4.78 is 10.7. The molecule has 1 aliphatic heterocycles. The number of hydrogen-bond acceptors (Lipinski definition) is 4. The van der Waals surface area contributed by atoms with Crippen LogP contribution in [0.1, 0.15) is 29.9 Å². The number of fused-ring (bicyclic) bond motifs is 2. The minimum absolute atomic E-state index is 0.0407. The zero-order valence-electron chi connectivity index (χ0n) is 10.3. The van der Waals surface area contributed by atoms with Crippen LogP contribution >= 0.6 is 0 Å². The summed E-state index contributed by atoms with van der Waals surface area (Å²) in [7, 11) is 0. The summed E-state index contributed by atoms with van der Waals surface area (Å²) in [5.74, 6) is 1.47. The maximum absolute atomic E-state index is 11.6. The number of aryl methyl sites for hydroxylation is 1. The molecule has 0 bridgehead atoms. The van der Waals surface area contributed by atoms with Crippen LogP contribution in [0.5, 0.6) is 11.5 Å². The molecule has 0 amide bonds. The lowest BCUT2D eigenvalue weighted by Crippen LogP contribution is -2.02. The van der Waals surface area contributed by atoms with Gasteiger partial charge in [0.2, 0.25) is 6.79 Å². The highest BCUT2D eigenvalue weighted by atomic mass is 16.7. The van der Waals surface area contributed by atoms with E-state index in [9.17, 15) is 4.79 Å². The number of nitrogens with zero attached hydrogens (tertiary/aromatic N) is 1. The fraction of sp³-hybridized carbons (Fsp3) is 0.286. The third kappa shape index (κ3) is 1.61. The number of pyridine rings is 1. The van der Waals surface area contributed by atoms with Crippen LogP contribution in [0, 0.1) is 0 Å². The molecule has 18 heavy (non-hydrogen) atoms. The Morgan fingerprint density at radius 3 is 2.67 bits per heavy atom. The summed E-state index contributed by atoms with van der Waals surface area (Å²) in [6.45, 7) is 3.80. The lowest BCUT2D eigenvalue weighted by Gasteiger charge is -2.07. The zero-order valence-corrected chi connectivity index (χ0v) is 10.3. The predicted molar refractivity (Wildman–Crippen MR) is 67.2 cm³/mol. The van der Waals surface area contributed by atoms with Crippen LogP contribution in [0.4, 0.5) is 0 Å². The molecule has 0 aliphatic carbocycles. The number of aromatic nitrogens is 1. The van der Waals surface area contributed by atoms with E-state index in [-0.39, 0.29) is 12.6 Å². The zero-order chi connectivity index (χ0) is 12.7. The number of ether oxygens (including phenoxy) is 2. The number of ketones is 1. The molecule has 0 saturated carbocycles. The van der Waals surface area contributed by atoms with Crippen LogP contribution < -0.4 is 9.47 Å². The van der Waals surface area contributed by atoms with Crippen LogP contribution in [0.25, 0.3) is 10.9 Å². The molecular weight excluding hydrogens is 230 g/mol. The van der Waals surface area contributed by atoms with Gasteiger partial charge in [0, 0.05) is 17.0 Å². The van der Waals surface area contributed by atoms with Gasteiger partial charge in [-0.05, 0) is 25.5 Å². The van der Waals surface area contributed by atoms with Gasteiger partial charge < -0.3 is 9.47 Å². The summed E-state index contributed by atoms with van der Waals surface area (Å²) in [5.41, 5.74) is 2.35. The van der Waals surface area contributed by atoms with E-state index in [1.165, 1.54) is 0 Å². The van der Waals surface area contributed by atoms with Gasteiger partial charge in [-0.25, -0.2) is 0 Å². The summed E-state index contributed by atoms with van der Waals surface area (Å²) in [6, 6.07) is 5.61. The minimum atomic E-state index is 0.0407. The second kappa shape index (κ2) is 3.98. The van der Waals surface area contributed by atoms with E-state index in [1.807, 2.05) is 25.1 Å². The summed E-state index contributed by atoms with van der Waals surface area (Å²) in [5, 5.41) is 0.904. The van der Waals surface area contributed by atoms with Gasteiger partial charge in [0.25, 0.3) is 0 Å². The third-order valence-corrected chi connectivity index (χ3v) is 3.10. The number of rotatable bonds is 2. The van der Waals surface area contributed by atoms with E-state index in [0.29, 0.717) is 17.1 Å². The summed E-state index contributed by atoms with van der Waals surface area (Å²) in [6.07, 6.45) is 0.735. The van der Waals surface area contributed by atoms with E-state index in [2.05, 4.69) is 4.98 Å². The molecule has 0 saturated heterocycles. The van der Waals surface area contributed by atoms with E-state index in [0.717, 1.165) is 23.0 Å². The summed E-state index contributed by atoms with van der Waals surface area (Å²) in [4.78, 5) is 16.1. The Balaban J connectivity index is 2.28. The average molecular weight is 243 g/mol. The molecule has 0 unspecified atom stereocenters. The van der Waals surface area contributed by atoms with Crippen LogP contribution in [0.15, 0.2) is 18.2 Å². The SMILES string of the molecule is CCc1nc2cc3c(cc2cc1C(C)=O)OCO3. The van der Waals surface area contributed by atoms with Gasteiger partial charge in [0.15, 0.2) is 17.3 Å². The molecule has 2 aromatic rings. The largest absolute Gasteiger partial charge is 0.454 e. The Bertz CT molecular complexity index is 649. The van der Waals surface area contributed by atoms with Crippen molar-refractivity contribution in [3.05, 3.63) is 29.5 Å². The monoisotopic (exact) mass is 243 g/mol. The van der Waals surface area contributed by atoms with Crippen LogP contribution in [0.3, 0.4) is 0 Å². The van der Waals surface area contributed by atoms with Crippen LogP contribution in [-0.4, -0.2) is 17.6 Å². The molecule has 4 nitrogen and oxygen atoms in total. The van der Waals surface area contributed by atoms with Crippen LogP contribution in [0.2, 0.25) is 0 Å². The first-order valence-corrected chi connectivity index (χ1v) is 5.93. The van der Waals surface area contributed by atoms with Crippen molar-refractivity contribution in [2.45, 2.75) is 20.3 Å². The van der Waals surface area contributed by atoms with Crippen molar-refractivity contribution in [3.8, 4) is 11.5 Å². The van der Waals surface area contributed by atoms with Gasteiger partial charge in [-0.15, -0.1) is 0 Å². The lowest BCUT2D eigenvalue weighted by atomic mass is 10.0. The first kappa shape index (κ1) is 11.0. The molecule has 3 rings (SSSR count). The molecule has 2 heterocycles. The molecule has 0 N–H and O–H groups in total. The van der Waals surface area contributed by atoms with Crippen molar-refractivity contribution in [2.24, 2.45) is 0 Å². The van der Waals surface area contributed by atoms with Crippen molar-refractivity contribution < 1.29 is 14.3 Å². The van der Waals surface area contributed by atoms with Crippen molar-refractivity contribution >= 4 is 16.7 Å². The van der Waals surface area contributed by atoms with Gasteiger partial charge in [-0.2, -0.15) is 0 Å². The molecule has 0 atom stereocenters. The number of benzene rings is 1. The second-order valence-corrected chi connectivity index (χ2v) is 4.29. The van der Waals surface area contributed by atoms with Gasteiger partial charge in [-0.3, -0.25) is 9.78 Å². The number of hydrogen-bond donors (Lipinski definition) is 0. The lowest BCUT2D eigenvalue weighted by molar-refractivity contribution is 0.101. The average Bonchev–Trinajstić information content (AvgIpc) is 2.81. The van der Waals surface area contributed by atoms with Gasteiger partial charge in [0.05, 0.1) is 11.2 Å². The maximum Gasteiger partial charge on any atom is 0.231 e. The Morgan fingerprint density at radius 2 is 2.00 bits per heavy atom. The molecule has 92 valence electrons.